The van der Waals surface area contributed by atoms with E-state index in [2.05, 4.69) is 45.4 Å². The number of hydrogen-bond donors (Lipinski definition) is 1. The molecule has 3 nitrogen and oxygen atoms in total. The van der Waals surface area contributed by atoms with Gasteiger partial charge in [0.1, 0.15) is 0 Å². The minimum absolute atomic E-state index is 0. The second-order valence-corrected chi connectivity index (χ2v) is 5.44. The molecule has 0 bridgehead atoms. The quantitative estimate of drug-likeness (QED) is 0.908. The fraction of sp³-hybridized carbons (Fsp3) is 0.600. The molecule has 0 aromatic heterocycles. The maximum absolute atomic E-state index is 3.47. The van der Waals surface area contributed by atoms with E-state index in [9.17, 15) is 0 Å². The molecule has 0 saturated carbocycles. The second kappa shape index (κ2) is 7.25. The molecule has 1 N–H and O–H groups in total. The summed E-state index contributed by atoms with van der Waals surface area (Å²) in [4.78, 5) is 5.25. The van der Waals surface area contributed by atoms with Gasteiger partial charge in [-0.1, -0.05) is 30.3 Å². The average molecular weight is 282 g/mol. The predicted octanol–water partition coefficient (Wildman–Crippen LogP) is 1.59. The van der Waals surface area contributed by atoms with Gasteiger partial charge >= 0.3 is 0 Å². The van der Waals surface area contributed by atoms with E-state index in [0.29, 0.717) is 0 Å². The zero-order chi connectivity index (χ0) is 12.2. The molecule has 0 amide bonds. The van der Waals surface area contributed by atoms with Gasteiger partial charge in [0.2, 0.25) is 0 Å². The Kier molecular flexibility index (Phi) is 5.64. The topological polar surface area (TPSA) is 18.5 Å². The highest BCUT2D eigenvalue weighted by Crippen LogP contribution is 2.13. The van der Waals surface area contributed by atoms with Gasteiger partial charge < -0.3 is 5.32 Å². The van der Waals surface area contributed by atoms with Crippen molar-refractivity contribution in [2.45, 2.75) is 19.0 Å². The van der Waals surface area contributed by atoms with Crippen LogP contribution in [0.15, 0.2) is 30.3 Å². The summed E-state index contributed by atoms with van der Waals surface area (Å²) in [5.41, 5.74) is 1.44. The summed E-state index contributed by atoms with van der Waals surface area (Å²) < 4.78 is 0. The van der Waals surface area contributed by atoms with Crippen LogP contribution in [0.5, 0.6) is 0 Å². The Bertz CT molecular complexity index is 357. The Labute approximate surface area is 122 Å². The van der Waals surface area contributed by atoms with Gasteiger partial charge in [0.05, 0.1) is 0 Å². The fourth-order valence-corrected chi connectivity index (χ4v) is 3.08. The molecule has 19 heavy (non-hydrogen) atoms. The SMILES string of the molecule is Cl.c1ccc(CN2CCN(C3CCNC3)CC2)cc1. The Morgan fingerprint density at radius 3 is 2.42 bits per heavy atom. The molecule has 3 rings (SSSR count). The first-order chi connectivity index (χ1) is 8.92. The van der Waals surface area contributed by atoms with Crippen molar-refractivity contribution in [2.75, 3.05) is 39.3 Å². The van der Waals surface area contributed by atoms with Crippen molar-refractivity contribution in [1.82, 2.24) is 15.1 Å². The van der Waals surface area contributed by atoms with Crippen LogP contribution in [0.25, 0.3) is 0 Å². The Hall–Kier alpha value is -0.610. The molecule has 2 fully saturated rings. The van der Waals surface area contributed by atoms with Gasteiger partial charge in [0.15, 0.2) is 0 Å². The van der Waals surface area contributed by atoms with Crippen LogP contribution in [0.3, 0.4) is 0 Å². The van der Waals surface area contributed by atoms with Crippen LogP contribution in [0.4, 0.5) is 0 Å². The molecule has 0 radical (unpaired) electrons. The number of hydrogen-bond acceptors (Lipinski definition) is 3. The number of benzene rings is 1. The van der Waals surface area contributed by atoms with E-state index in [0.717, 1.165) is 12.6 Å². The molecule has 2 aliphatic rings. The van der Waals surface area contributed by atoms with Crippen molar-refractivity contribution in [2.24, 2.45) is 0 Å². The fourth-order valence-electron chi connectivity index (χ4n) is 3.08. The van der Waals surface area contributed by atoms with Crippen LogP contribution in [-0.4, -0.2) is 55.1 Å². The molecule has 0 spiro atoms. The zero-order valence-electron chi connectivity index (χ0n) is 11.4. The normalized spacial score (nSPS) is 25.2. The van der Waals surface area contributed by atoms with Crippen LogP contribution in [0, 0.1) is 0 Å². The number of nitrogens with one attached hydrogen (secondary N) is 1. The standard InChI is InChI=1S/C15H23N3.ClH/c1-2-4-14(5-3-1)13-17-8-10-18(11-9-17)15-6-7-16-12-15;/h1-5,15-16H,6-13H2;1H. The molecule has 2 heterocycles. The lowest BCUT2D eigenvalue weighted by molar-refractivity contribution is 0.0981. The summed E-state index contributed by atoms with van der Waals surface area (Å²) in [6.07, 6.45) is 1.33. The van der Waals surface area contributed by atoms with Crippen LogP contribution in [-0.2, 0) is 6.54 Å². The average Bonchev–Trinajstić information content (AvgIpc) is 2.95. The number of nitrogens with zero attached hydrogens (tertiary/aromatic N) is 2. The lowest BCUT2D eigenvalue weighted by atomic mass is 10.1. The largest absolute Gasteiger partial charge is 0.315 e. The van der Waals surface area contributed by atoms with Crippen molar-refractivity contribution in [3.63, 3.8) is 0 Å². The molecule has 2 saturated heterocycles. The summed E-state index contributed by atoms with van der Waals surface area (Å²) in [6.45, 7) is 8.40. The third-order valence-corrected chi connectivity index (χ3v) is 4.21. The molecule has 1 aromatic rings. The lowest BCUT2D eigenvalue weighted by Gasteiger charge is -2.37. The maximum Gasteiger partial charge on any atom is 0.0234 e. The molecular weight excluding hydrogens is 258 g/mol. The highest BCUT2D eigenvalue weighted by molar-refractivity contribution is 5.85. The lowest BCUT2D eigenvalue weighted by Crippen LogP contribution is -2.50. The van der Waals surface area contributed by atoms with Crippen LogP contribution >= 0.6 is 12.4 Å². The smallest absolute Gasteiger partial charge is 0.0234 e. The molecule has 1 aromatic carbocycles. The van der Waals surface area contributed by atoms with Crippen molar-refractivity contribution in [3.8, 4) is 0 Å². The predicted molar refractivity (Wildman–Crippen MR) is 81.8 cm³/mol. The van der Waals surface area contributed by atoms with Gasteiger partial charge in [-0.2, -0.15) is 0 Å². The van der Waals surface area contributed by atoms with E-state index in [4.69, 9.17) is 0 Å². The van der Waals surface area contributed by atoms with Crippen molar-refractivity contribution >= 4 is 12.4 Å². The highest BCUT2D eigenvalue weighted by atomic mass is 35.5. The third-order valence-electron chi connectivity index (χ3n) is 4.21. The number of halogens is 1. The molecule has 1 atom stereocenters. The van der Waals surface area contributed by atoms with Gasteiger partial charge in [-0.25, -0.2) is 0 Å². The van der Waals surface area contributed by atoms with E-state index in [1.807, 2.05) is 0 Å². The number of rotatable bonds is 3. The van der Waals surface area contributed by atoms with Crippen LogP contribution in [0.1, 0.15) is 12.0 Å². The van der Waals surface area contributed by atoms with Crippen molar-refractivity contribution in [1.29, 1.82) is 0 Å². The minimum Gasteiger partial charge on any atom is -0.315 e. The van der Waals surface area contributed by atoms with Crippen LogP contribution < -0.4 is 5.32 Å². The van der Waals surface area contributed by atoms with Crippen LogP contribution in [0.2, 0.25) is 0 Å². The molecule has 1 unspecified atom stereocenters. The molecule has 4 heteroatoms. The highest BCUT2D eigenvalue weighted by Gasteiger charge is 2.25. The van der Waals surface area contributed by atoms with E-state index < -0.39 is 0 Å². The summed E-state index contributed by atoms with van der Waals surface area (Å²) in [6, 6.07) is 11.6. The first kappa shape index (κ1) is 14.8. The van der Waals surface area contributed by atoms with Gasteiger partial charge in [-0.3, -0.25) is 9.80 Å². The Balaban J connectivity index is 0.00000133. The molecule has 106 valence electrons. The first-order valence-electron chi connectivity index (χ1n) is 7.13. The van der Waals surface area contributed by atoms with E-state index in [-0.39, 0.29) is 12.4 Å². The molecule has 0 aliphatic carbocycles. The van der Waals surface area contributed by atoms with Crippen molar-refractivity contribution in [3.05, 3.63) is 35.9 Å². The Morgan fingerprint density at radius 2 is 1.79 bits per heavy atom. The van der Waals surface area contributed by atoms with Gasteiger partial charge in [-0.05, 0) is 18.5 Å². The summed E-state index contributed by atoms with van der Waals surface area (Å²) >= 11 is 0. The van der Waals surface area contributed by atoms with E-state index >= 15 is 0 Å². The Morgan fingerprint density at radius 1 is 1.05 bits per heavy atom. The van der Waals surface area contributed by atoms with Gasteiger partial charge in [0.25, 0.3) is 0 Å². The summed E-state index contributed by atoms with van der Waals surface area (Å²) in [5.74, 6) is 0. The monoisotopic (exact) mass is 281 g/mol. The van der Waals surface area contributed by atoms with Gasteiger partial charge in [0, 0.05) is 45.3 Å². The third kappa shape index (κ3) is 3.93. The number of piperazine rings is 1. The van der Waals surface area contributed by atoms with E-state index in [1.54, 1.807) is 0 Å². The van der Waals surface area contributed by atoms with Gasteiger partial charge in [-0.15, -0.1) is 12.4 Å². The summed E-state index contributed by atoms with van der Waals surface area (Å²) in [5, 5.41) is 3.47. The molecule has 2 aliphatic heterocycles. The summed E-state index contributed by atoms with van der Waals surface area (Å²) in [7, 11) is 0. The minimum atomic E-state index is 0. The first-order valence-corrected chi connectivity index (χ1v) is 7.13. The zero-order valence-corrected chi connectivity index (χ0v) is 12.2. The maximum atomic E-state index is 3.47. The van der Waals surface area contributed by atoms with Crippen molar-refractivity contribution < 1.29 is 0 Å². The second-order valence-electron chi connectivity index (χ2n) is 5.44. The molecular formula is C15H24ClN3. The van der Waals surface area contributed by atoms with E-state index in [1.165, 1.54) is 51.3 Å².